The van der Waals surface area contributed by atoms with Gasteiger partial charge in [-0.2, -0.15) is 0 Å². The zero-order valence-corrected chi connectivity index (χ0v) is 15.4. The Labute approximate surface area is 156 Å². The van der Waals surface area contributed by atoms with Crippen molar-refractivity contribution in [2.24, 2.45) is 5.92 Å². The zero-order chi connectivity index (χ0) is 20.0. The Balaban J connectivity index is 2.08. The molecule has 0 aromatic heterocycles. The van der Waals surface area contributed by atoms with E-state index in [1.54, 1.807) is 6.07 Å². The largest absolute Gasteiger partial charge is 0.573 e. The monoisotopic (exact) mass is 386 g/mol. The van der Waals surface area contributed by atoms with E-state index in [9.17, 15) is 22.0 Å². The van der Waals surface area contributed by atoms with Crippen LogP contribution in [0.15, 0.2) is 36.4 Å². The lowest BCUT2D eigenvalue weighted by atomic mass is 9.96. The number of alkyl halides is 3. The molecular formula is C21H23F5O. The molecule has 0 aliphatic heterocycles. The summed E-state index contributed by atoms with van der Waals surface area (Å²) in [5.74, 6) is -2.03. The van der Waals surface area contributed by atoms with E-state index in [0.717, 1.165) is 43.4 Å². The molecule has 6 heteroatoms. The van der Waals surface area contributed by atoms with Gasteiger partial charge in [0.05, 0.1) is 0 Å². The predicted octanol–water partition coefficient (Wildman–Crippen LogP) is 7.29. The number of rotatable bonds is 8. The van der Waals surface area contributed by atoms with Crippen molar-refractivity contribution in [3.05, 3.63) is 53.6 Å². The highest BCUT2D eigenvalue weighted by Crippen LogP contribution is 2.31. The fourth-order valence-corrected chi connectivity index (χ4v) is 3.12. The lowest BCUT2D eigenvalue weighted by Gasteiger charge is -2.12. The Morgan fingerprint density at radius 1 is 0.963 bits per heavy atom. The van der Waals surface area contributed by atoms with Gasteiger partial charge in [-0.15, -0.1) is 13.2 Å². The highest BCUT2D eigenvalue weighted by molar-refractivity contribution is 5.65. The third-order valence-electron chi connectivity index (χ3n) is 4.45. The van der Waals surface area contributed by atoms with E-state index in [0.29, 0.717) is 5.92 Å². The van der Waals surface area contributed by atoms with Gasteiger partial charge in [-0.05, 0) is 48.1 Å². The molecular weight excluding hydrogens is 363 g/mol. The van der Waals surface area contributed by atoms with E-state index in [4.69, 9.17) is 0 Å². The van der Waals surface area contributed by atoms with Gasteiger partial charge in [-0.1, -0.05) is 51.3 Å². The van der Waals surface area contributed by atoms with Crippen molar-refractivity contribution in [1.82, 2.24) is 0 Å². The Morgan fingerprint density at radius 2 is 1.70 bits per heavy atom. The average Bonchev–Trinajstić information content (AvgIpc) is 2.56. The molecule has 2 rings (SSSR count). The maximum atomic E-state index is 14.4. The van der Waals surface area contributed by atoms with Gasteiger partial charge in [0.15, 0.2) is 11.6 Å². The van der Waals surface area contributed by atoms with Crippen LogP contribution in [0.2, 0.25) is 0 Å². The van der Waals surface area contributed by atoms with Gasteiger partial charge in [-0.3, -0.25) is 0 Å². The summed E-state index contributed by atoms with van der Waals surface area (Å²) in [7, 11) is 0. The van der Waals surface area contributed by atoms with Crippen molar-refractivity contribution in [2.75, 3.05) is 0 Å². The van der Waals surface area contributed by atoms with Crippen LogP contribution in [-0.4, -0.2) is 6.36 Å². The standard InChI is InChI=1S/C21H23F5O/c1-3-5-14(2)6-4-7-15-8-10-17(18(22)12-15)16-9-11-20(19(23)13-16)27-21(24,25)26/h8-14H,3-7H2,1-2H3. The van der Waals surface area contributed by atoms with Gasteiger partial charge in [0.1, 0.15) is 5.82 Å². The van der Waals surface area contributed by atoms with Crippen LogP contribution in [0.5, 0.6) is 5.75 Å². The van der Waals surface area contributed by atoms with Crippen molar-refractivity contribution < 1.29 is 26.7 Å². The summed E-state index contributed by atoms with van der Waals surface area (Å²) in [5, 5.41) is 0. The van der Waals surface area contributed by atoms with E-state index in [1.165, 1.54) is 24.6 Å². The van der Waals surface area contributed by atoms with E-state index in [-0.39, 0.29) is 11.1 Å². The SMILES string of the molecule is CCCC(C)CCCc1ccc(-c2ccc(OC(F)(F)F)c(F)c2)c(F)c1. The summed E-state index contributed by atoms with van der Waals surface area (Å²) in [6.07, 6.45) is 0.115. The second kappa shape index (κ2) is 9.20. The summed E-state index contributed by atoms with van der Waals surface area (Å²) < 4.78 is 68.4. The van der Waals surface area contributed by atoms with Crippen LogP contribution in [0.25, 0.3) is 11.1 Å². The molecule has 0 fully saturated rings. The molecule has 0 radical (unpaired) electrons. The first kappa shape index (κ1) is 21.2. The lowest BCUT2D eigenvalue weighted by Crippen LogP contribution is -2.17. The molecule has 0 N–H and O–H groups in total. The van der Waals surface area contributed by atoms with Crippen LogP contribution >= 0.6 is 0 Å². The van der Waals surface area contributed by atoms with E-state index >= 15 is 0 Å². The van der Waals surface area contributed by atoms with Crippen LogP contribution in [0.4, 0.5) is 22.0 Å². The minimum Gasteiger partial charge on any atom is -0.403 e. The van der Waals surface area contributed by atoms with E-state index in [1.807, 2.05) is 0 Å². The molecule has 0 aliphatic rings. The molecule has 1 unspecified atom stereocenters. The topological polar surface area (TPSA) is 9.23 Å². The Bertz CT molecular complexity index is 755. The van der Waals surface area contributed by atoms with Crippen LogP contribution in [-0.2, 0) is 6.42 Å². The Hall–Kier alpha value is -2.11. The molecule has 0 bridgehead atoms. The Morgan fingerprint density at radius 3 is 2.30 bits per heavy atom. The predicted molar refractivity (Wildman–Crippen MR) is 95.5 cm³/mol. The first-order chi connectivity index (χ1) is 12.7. The van der Waals surface area contributed by atoms with Crippen LogP contribution in [0.3, 0.4) is 0 Å². The highest BCUT2D eigenvalue weighted by Gasteiger charge is 2.32. The first-order valence-corrected chi connectivity index (χ1v) is 9.03. The van der Waals surface area contributed by atoms with Crippen LogP contribution in [0, 0.1) is 17.6 Å². The fourth-order valence-electron chi connectivity index (χ4n) is 3.12. The molecule has 1 atom stereocenters. The van der Waals surface area contributed by atoms with Crippen molar-refractivity contribution in [2.45, 2.75) is 52.3 Å². The van der Waals surface area contributed by atoms with Gasteiger partial charge < -0.3 is 4.74 Å². The third-order valence-corrected chi connectivity index (χ3v) is 4.45. The number of aryl methyl sites for hydroxylation is 1. The van der Waals surface area contributed by atoms with Crippen molar-refractivity contribution in [3.8, 4) is 16.9 Å². The summed E-state index contributed by atoms with van der Waals surface area (Å²) in [5.41, 5.74) is 1.13. The fraction of sp³-hybridized carbons (Fsp3) is 0.429. The number of hydrogen-bond donors (Lipinski definition) is 0. The smallest absolute Gasteiger partial charge is 0.403 e. The van der Waals surface area contributed by atoms with Gasteiger partial charge >= 0.3 is 6.36 Å². The molecule has 27 heavy (non-hydrogen) atoms. The number of halogens is 5. The maximum Gasteiger partial charge on any atom is 0.573 e. The molecule has 0 heterocycles. The van der Waals surface area contributed by atoms with Crippen molar-refractivity contribution >= 4 is 0 Å². The maximum absolute atomic E-state index is 14.4. The molecule has 0 saturated heterocycles. The molecule has 0 saturated carbocycles. The molecule has 1 nitrogen and oxygen atoms in total. The number of hydrogen-bond acceptors (Lipinski definition) is 1. The first-order valence-electron chi connectivity index (χ1n) is 9.03. The second-order valence-electron chi connectivity index (χ2n) is 6.79. The van der Waals surface area contributed by atoms with Gasteiger partial charge in [-0.25, -0.2) is 8.78 Å². The van der Waals surface area contributed by atoms with E-state index < -0.39 is 23.7 Å². The van der Waals surface area contributed by atoms with Gasteiger partial charge in [0.2, 0.25) is 0 Å². The molecule has 148 valence electrons. The quantitative estimate of drug-likeness (QED) is 0.433. The number of ether oxygens (including phenoxy) is 1. The molecule has 0 amide bonds. The summed E-state index contributed by atoms with van der Waals surface area (Å²) >= 11 is 0. The van der Waals surface area contributed by atoms with Gasteiger partial charge in [0, 0.05) is 5.56 Å². The highest BCUT2D eigenvalue weighted by atomic mass is 19.4. The third kappa shape index (κ3) is 6.52. The molecule has 0 spiro atoms. The van der Waals surface area contributed by atoms with Crippen LogP contribution in [0.1, 0.15) is 45.1 Å². The second-order valence-corrected chi connectivity index (χ2v) is 6.79. The summed E-state index contributed by atoms with van der Waals surface area (Å²) in [6, 6.07) is 7.58. The minimum atomic E-state index is -4.98. The molecule has 2 aromatic carbocycles. The normalized spacial score (nSPS) is 12.9. The minimum absolute atomic E-state index is 0.135. The Kier molecular flexibility index (Phi) is 7.22. The van der Waals surface area contributed by atoms with Crippen LogP contribution < -0.4 is 4.74 Å². The van der Waals surface area contributed by atoms with Crippen molar-refractivity contribution in [3.63, 3.8) is 0 Å². The van der Waals surface area contributed by atoms with Crippen molar-refractivity contribution in [1.29, 1.82) is 0 Å². The van der Waals surface area contributed by atoms with Gasteiger partial charge in [0.25, 0.3) is 0 Å². The average molecular weight is 386 g/mol. The molecule has 2 aromatic rings. The number of benzene rings is 2. The van der Waals surface area contributed by atoms with E-state index in [2.05, 4.69) is 18.6 Å². The molecule has 0 aliphatic carbocycles. The zero-order valence-electron chi connectivity index (χ0n) is 15.4. The summed E-state index contributed by atoms with van der Waals surface area (Å²) in [4.78, 5) is 0. The lowest BCUT2D eigenvalue weighted by molar-refractivity contribution is -0.275. The summed E-state index contributed by atoms with van der Waals surface area (Å²) in [6.45, 7) is 4.35.